The Kier molecular flexibility index (Phi) is 3.88. The summed E-state index contributed by atoms with van der Waals surface area (Å²) in [5.74, 6) is 0.441. The number of carbonyl (C=O) groups is 2. The number of hydrogen-bond acceptors (Lipinski definition) is 3. The predicted molar refractivity (Wildman–Crippen MR) is 61.3 cm³/mol. The van der Waals surface area contributed by atoms with Gasteiger partial charge in [0.05, 0.1) is 12.7 Å². The third kappa shape index (κ3) is 2.24. The van der Waals surface area contributed by atoms with Crippen LogP contribution in [0, 0.1) is 3.57 Å². The molecule has 0 heterocycles. The number of hydrogen-bond donors (Lipinski definition) is 0. The SMILES string of the molecule is COc1cc(C=O)c(I)c(C(=O)Cl)c1. The molecule has 0 aliphatic heterocycles. The Balaban J connectivity index is 3.41. The largest absolute Gasteiger partial charge is 0.497 e. The van der Waals surface area contributed by atoms with Crippen molar-refractivity contribution in [1.82, 2.24) is 0 Å². The van der Waals surface area contributed by atoms with Crippen LogP contribution < -0.4 is 4.74 Å². The Morgan fingerprint density at radius 1 is 1.57 bits per heavy atom. The van der Waals surface area contributed by atoms with E-state index in [1.807, 2.05) is 22.6 Å². The smallest absolute Gasteiger partial charge is 0.253 e. The van der Waals surface area contributed by atoms with Crippen molar-refractivity contribution in [3.8, 4) is 5.75 Å². The molecule has 0 aliphatic rings. The van der Waals surface area contributed by atoms with Gasteiger partial charge in [0.25, 0.3) is 5.24 Å². The van der Waals surface area contributed by atoms with Crippen LogP contribution in [0.4, 0.5) is 0 Å². The molecule has 5 heteroatoms. The molecule has 3 nitrogen and oxygen atoms in total. The highest BCUT2D eigenvalue weighted by atomic mass is 127. The van der Waals surface area contributed by atoms with E-state index in [9.17, 15) is 9.59 Å². The first-order chi connectivity index (χ1) is 6.60. The van der Waals surface area contributed by atoms with Gasteiger partial charge in [-0.1, -0.05) is 0 Å². The zero-order chi connectivity index (χ0) is 10.7. The summed E-state index contributed by atoms with van der Waals surface area (Å²) in [6, 6.07) is 3.06. The highest BCUT2D eigenvalue weighted by Gasteiger charge is 2.13. The zero-order valence-corrected chi connectivity index (χ0v) is 10.1. The second-order valence-electron chi connectivity index (χ2n) is 2.47. The second-order valence-corrected chi connectivity index (χ2v) is 3.89. The highest BCUT2D eigenvalue weighted by molar-refractivity contribution is 14.1. The topological polar surface area (TPSA) is 43.4 Å². The summed E-state index contributed by atoms with van der Waals surface area (Å²) in [7, 11) is 1.46. The van der Waals surface area contributed by atoms with Crippen molar-refractivity contribution in [2.24, 2.45) is 0 Å². The molecule has 0 saturated carbocycles. The normalized spacial score (nSPS) is 9.64. The number of benzene rings is 1. The number of methoxy groups -OCH3 is 1. The Morgan fingerprint density at radius 3 is 2.64 bits per heavy atom. The molecule has 0 unspecified atom stereocenters. The molecule has 14 heavy (non-hydrogen) atoms. The lowest BCUT2D eigenvalue weighted by atomic mass is 10.1. The van der Waals surface area contributed by atoms with E-state index in [4.69, 9.17) is 16.3 Å². The zero-order valence-electron chi connectivity index (χ0n) is 7.21. The lowest BCUT2D eigenvalue weighted by Gasteiger charge is -2.05. The van der Waals surface area contributed by atoms with Crippen molar-refractivity contribution in [3.63, 3.8) is 0 Å². The second kappa shape index (κ2) is 4.75. The molecule has 1 aromatic carbocycles. The molecule has 74 valence electrons. The van der Waals surface area contributed by atoms with Gasteiger partial charge >= 0.3 is 0 Å². The minimum absolute atomic E-state index is 0.286. The molecule has 0 saturated heterocycles. The van der Waals surface area contributed by atoms with Gasteiger partial charge in [-0.15, -0.1) is 0 Å². The molecule has 0 spiro atoms. The molecule has 0 bridgehead atoms. The van der Waals surface area contributed by atoms with Crippen LogP contribution >= 0.6 is 34.2 Å². The molecule has 0 aliphatic carbocycles. The van der Waals surface area contributed by atoms with Crippen molar-refractivity contribution in [3.05, 3.63) is 26.8 Å². The Hall–Kier alpha value is -0.620. The Bertz CT molecular complexity index is 390. The molecule has 1 aromatic rings. The lowest BCUT2D eigenvalue weighted by Crippen LogP contribution is -1.99. The summed E-state index contributed by atoms with van der Waals surface area (Å²) in [5, 5.41) is -0.601. The maximum atomic E-state index is 11.0. The molecule has 0 fully saturated rings. The van der Waals surface area contributed by atoms with Gasteiger partial charge < -0.3 is 4.74 Å². The van der Waals surface area contributed by atoms with Crippen LogP contribution in [0.25, 0.3) is 0 Å². The average Bonchev–Trinajstić information content (AvgIpc) is 2.17. The summed E-state index contributed by atoms with van der Waals surface area (Å²) in [4.78, 5) is 21.6. The van der Waals surface area contributed by atoms with Crippen LogP contribution in [0.15, 0.2) is 12.1 Å². The van der Waals surface area contributed by atoms with Gasteiger partial charge in [0.1, 0.15) is 5.75 Å². The summed E-state index contributed by atoms with van der Waals surface area (Å²) in [5.41, 5.74) is 0.683. The van der Waals surface area contributed by atoms with Gasteiger partial charge in [-0.2, -0.15) is 0 Å². The highest BCUT2D eigenvalue weighted by Crippen LogP contribution is 2.24. The molecular formula is C9H6ClIO3. The van der Waals surface area contributed by atoms with E-state index in [0.29, 0.717) is 21.2 Å². The first kappa shape index (κ1) is 11.5. The fourth-order valence-corrected chi connectivity index (χ4v) is 1.96. The molecule has 0 atom stereocenters. The first-order valence-electron chi connectivity index (χ1n) is 3.62. The van der Waals surface area contributed by atoms with Crippen molar-refractivity contribution in [1.29, 1.82) is 0 Å². The van der Waals surface area contributed by atoms with Gasteiger partial charge in [0.15, 0.2) is 6.29 Å². The lowest BCUT2D eigenvalue weighted by molar-refractivity contribution is 0.108. The van der Waals surface area contributed by atoms with Crippen LogP contribution in [-0.4, -0.2) is 18.6 Å². The van der Waals surface area contributed by atoms with Gasteiger partial charge in [0.2, 0.25) is 0 Å². The third-order valence-electron chi connectivity index (χ3n) is 1.65. The van der Waals surface area contributed by atoms with E-state index in [-0.39, 0.29) is 5.56 Å². The van der Waals surface area contributed by atoms with Crippen LogP contribution in [0.3, 0.4) is 0 Å². The molecule has 0 aromatic heterocycles. The minimum Gasteiger partial charge on any atom is -0.497 e. The predicted octanol–water partition coefficient (Wildman–Crippen LogP) is 2.49. The van der Waals surface area contributed by atoms with Crippen molar-refractivity contribution >= 4 is 45.7 Å². The quantitative estimate of drug-likeness (QED) is 0.487. The van der Waals surface area contributed by atoms with E-state index < -0.39 is 5.24 Å². The standard InChI is InChI=1S/C9H6ClIO3/c1-14-6-2-5(4-12)8(11)7(3-6)9(10)13/h2-4H,1H3. The molecular weight excluding hydrogens is 318 g/mol. The van der Waals surface area contributed by atoms with Gasteiger partial charge in [-0.25, -0.2) is 0 Å². The van der Waals surface area contributed by atoms with Crippen LogP contribution in [-0.2, 0) is 0 Å². The monoisotopic (exact) mass is 324 g/mol. The van der Waals surface area contributed by atoms with E-state index >= 15 is 0 Å². The van der Waals surface area contributed by atoms with Crippen LogP contribution in [0.2, 0.25) is 0 Å². The average molecular weight is 325 g/mol. The fourth-order valence-electron chi connectivity index (χ4n) is 0.966. The summed E-state index contributed by atoms with van der Waals surface area (Å²) >= 11 is 7.25. The van der Waals surface area contributed by atoms with Gasteiger partial charge in [-0.05, 0) is 46.3 Å². The number of ether oxygens (including phenoxy) is 1. The van der Waals surface area contributed by atoms with Gasteiger partial charge in [0, 0.05) is 9.13 Å². The Morgan fingerprint density at radius 2 is 2.21 bits per heavy atom. The molecule has 0 amide bonds. The summed E-state index contributed by atoms with van der Waals surface area (Å²) < 4.78 is 5.47. The molecule has 0 radical (unpaired) electrons. The van der Waals surface area contributed by atoms with E-state index in [1.165, 1.54) is 13.2 Å². The van der Waals surface area contributed by atoms with E-state index in [1.54, 1.807) is 6.07 Å². The minimum atomic E-state index is -0.601. The van der Waals surface area contributed by atoms with Crippen molar-refractivity contribution < 1.29 is 14.3 Å². The number of aldehydes is 1. The van der Waals surface area contributed by atoms with Crippen molar-refractivity contribution in [2.45, 2.75) is 0 Å². The first-order valence-corrected chi connectivity index (χ1v) is 5.08. The van der Waals surface area contributed by atoms with Crippen LogP contribution in [0.1, 0.15) is 20.7 Å². The maximum Gasteiger partial charge on any atom is 0.253 e. The maximum absolute atomic E-state index is 11.0. The van der Waals surface area contributed by atoms with E-state index in [2.05, 4.69) is 0 Å². The number of rotatable bonds is 3. The molecule has 1 rings (SSSR count). The Labute approximate surface area is 99.5 Å². The van der Waals surface area contributed by atoms with E-state index in [0.717, 1.165) is 0 Å². The van der Waals surface area contributed by atoms with Crippen LogP contribution in [0.5, 0.6) is 5.75 Å². The van der Waals surface area contributed by atoms with Gasteiger partial charge in [-0.3, -0.25) is 9.59 Å². The summed E-state index contributed by atoms with van der Waals surface area (Å²) in [6.45, 7) is 0. The third-order valence-corrected chi connectivity index (χ3v) is 3.06. The molecule has 0 N–H and O–H groups in total. The fraction of sp³-hybridized carbons (Fsp3) is 0.111. The number of halogens is 2. The van der Waals surface area contributed by atoms with Crippen molar-refractivity contribution in [2.75, 3.05) is 7.11 Å². The summed E-state index contributed by atoms with van der Waals surface area (Å²) in [6.07, 6.45) is 0.660. The number of carbonyl (C=O) groups excluding carboxylic acids is 2.